The topological polar surface area (TPSA) is 58.9 Å². The van der Waals surface area contributed by atoms with Gasteiger partial charge in [-0.3, -0.25) is 4.68 Å². The predicted molar refractivity (Wildman–Crippen MR) is 88.9 cm³/mol. The zero-order valence-electron chi connectivity index (χ0n) is 13.8. The second-order valence-electron chi connectivity index (χ2n) is 6.61. The monoisotopic (exact) mass is 302 g/mol. The molecule has 6 nitrogen and oxygen atoms in total. The summed E-state index contributed by atoms with van der Waals surface area (Å²) in [5, 5.41) is 8.85. The summed E-state index contributed by atoms with van der Waals surface area (Å²) >= 11 is 0. The molecule has 1 aliphatic carbocycles. The van der Waals surface area contributed by atoms with Gasteiger partial charge in [0.1, 0.15) is 12.1 Å². The lowest BCUT2D eigenvalue weighted by atomic mass is 9.88. The minimum atomic E-state index is 0.218. The third-order valence-electron chi connectivity index (χ3n) is 5.10. The lowest BCUT2D eigenvalue weighted by molar-refractivity contribution is 0.143. The zero-order chi connectivity index (χ0) is 15.6. The molecule has 6 heteroatoms. The van der Waals surface area contributed by atoms with Gasteiger partial charge < -0.3 is 10.2 Å². The molecule has 0 aliphatic heterocycles. The molecule has 120 valence electrons. The fourth-order valence-corrected chi connectivity index (χ4v) is 3.52. The number of aryl methyl sites for hydroxylation is 1. The number of aromatic nitrogens is 4. The molecule has 0 atom stereocenters. The molecule has 1 aliphatic rings. The quantitative estimate of drug-likeness (QED) is 0.879. The fourth-order valence-electron chi connectivity index (χ4n) is 3.52. The second-order valence-corrected chi connectivity index (χ2v) is 6.61. The largest absolute Gasteiger partial charge is 0.367 e. The van der Waals surface area contributed by atoms with Crippen LogP contribution in [-0.4, -0.2) is 50.8 Å². The molecule has 0 bridgehead atoms. The Morgan fingerprint density at radius 1 is 1.18 bits per heavy atom. The molecule has 0 saturated heterocycles. The molecule has 1 saturated carbocycles. The lowest BCUT2D eigenvalue weighted by Crippen LogP contribution is -2.49. The van der Waals surface area contributed by atoms with Crippen LogP contribution in [0.5, 0.6) is 0 Å². The number of hydrogen-bond donors (Lipinski definition) is 1. The molecule has 0 amide bonds. The summed E-state index contributed by atoms with van der Waals surface area (Å²) in [4.78, 5) is 11.1. The highest BCUT2D eigenvalue weighted by molar-refractivity contribution is 5.85. The number of likely N-dealkylation sites (N-methyl/N-ethyl adjacent to an activating group) is 1. The van der Waals surface area contributed by atoms with Crippen molar-refractivity contribution in [3.63, 3.8) is 0 Å². The number of hydrogen-bond acceptors (Lipinski definition) is 5. The van der Waals surface area contributed by atoms with Crippen molar-refractivity contribution < 1.29 is 0 Å². The van der Waals surface area contributed by atoms with Crippen LogP contribution >= 0.6 is 0 Å². The molecule has 0 aromatic carbocycles. The Bertz CT molecular complexity index is 625. The van der Waals surface area contributed by atoms with Crippen LogP contribution in [0, 0.1) is 0 Å². The maximum atomic E-state index is 4.42. The molecule has 0 spiro atoms. The molecule has 3 rings (SSSR count). The van der Waals surface area contributed by atoms with Gasteiger partial charge in [0.15, 0.2) is 5.65 Å². The first-order valence-electron chi connectivity index (χ1n) is 8.16. The van der Waals surface area contributed by atoms with Crippen molar-refractivity contribution in [2.75, 3.05) is 26.0 Å². The molecule has 0 unspecified atom stereocenters. The van der Waals surface area contributed by atoms with Gasteiger partial charge in [0.2, 0.25) is 0 Å². The van der Waals surface area contributed by atoms with Gasteiger partial charge in [0, 0.05) is 19.1 Å². The molecule has 2 heterocycles. The van der Waals surface area contributed by atoms with Crippen LogP contribution in [0.25, 0.3) is 11.0 Å². The number of nitrogens with zero attached hydrogens (tertiary/aromatic N) is 5. The van der Waals surface area contributed by atoms with Gasteiger partial charge in [0.05, 0.1) is 11.6 Å². The summed E-state index contributed by atoms with van der Waals surface area (Å²) in [7, 11) is 6.31. The lowest BCUT2D eigenvalue weighted by Gasteiger charge is -2.40. The van der Waals surface area contributed by atoms with Crippen LogP contribution in [0.2, 0.25) is 0 Å². The molecule has 2 aromatic rings. The van der Waals surface area contributed by atoms with E-state index in [4.69, 9.17) is 0 Å². The average molecular weight is 302 g/mol. The Morgan fingerprint density at radius 2 is 1.91 bits per heavy atom. The molecule has 22 heavy (non-hydrogen) atoms. The first-order valence-corrected chi connectivity index (χ1v) is 8.16. The van der Waals surface area contributed by atoms with E-state index < -0.39 is 0 Å². The van der Waals surface area contributed by atoms with Crippen molar-refractivity contribution in [3.05, 3.63) is 12.5 Å². The van der Waals surface area contributed by atoms with Crippen LogP contribution < -0.4 is 5.32 Å². The Labute approximate surface area is 131 Å². The molecule has 2 aromatic heterocycles. The average Bonchev–Trinajstić information content (AvgIpc) is 2.75. The van der Waals surface area contributed by atoms with Gasteiger partial charge in [-0.25, -0.2) is 9.97 Å². The normalized spacial score (nSPS) is 18.5. The standard InChI is InChI=1S/C16H26N6/c1-21(2)16(8-6-4-5-7-9-16)11-17-14-13-10-20-22(3)15(13)19-12-18-14/h10,12H,4-9,11H2,1-3H3,(H,17,18,19). The third-order valence-corrected chi connectivity index (χ3v) is 5.10. The highest BCUT2D eigenvalue weighted by Crippen LogP contribution is 2.31. The third kappa shape index (κ3) is 2.79. The SMILES string of the molecule is CN(C)C1(CNc2ncnc3c2cnn3C)CCCCCC1. The zero-order valence-corrected chi connectivity index (χ0v) is 13.8. The smallest absolute Gasteiger partial charge is 0.163 e. The van der Waals surface area contributed by atoms with E-state index in [1.165, 1.54) is 38.5 Å². The van der Waals surface area contributed by atoms with Crippen LogP contribution in [0.4, 0.5) is 5.82 Å². The van der Waals surface area contributed by atoms with Crippen LogP contribution in [0.15, 0.2) is 12.5 Å². The highest BCUT2D eigenvalue weighted by Gasteiger charge is 2.33. The Hall–Kier alpha value is -1.69. The second kappa shape index (κ2) is 6.20. The van der Waals surface area contributed by atoms with Gasteiger partial charge >= 0.3 is 0 Å². The first kappa shape index (κ1) is 15.2. The first-order chi connectivity index (χ1) is 10.6. The van der Waals surface area contributed by atoms with Crippen molar-refractivity contribution in [2.45, 2.75) is 44.1 Å². The van der Waals surface area contributed by atoms with Crippen molar-refractivity contribution in [3.8, 4) is 0 Å². The minimum absolute atomic E-state index is 0.218. The summed E-state index contributed by atoms with van der Waals surface area (Å²) in [5.41, 5.74) is 1.09. The number of rotatable bonds is 4. The number of anilines is 1. The summed E-state index contributed by atoms with van der Waals surface area (Å²) in [6.45, 7) is 0.918. The van der Waals surface area contributed by atoms with Gasteiger partial charge in [-0.2, -0.15) is 5.10 Å². The predicted octanol–water partition coefficient (Wildman–Crippen LogP) is 2.43. The van der Waals surface area contributed by atoms with E-state index in [1.807, 2.05) is 13.2 Å². The van der Waals surface area contributed by atoms with Gasteiger partial charge in [-0.05, 0) is 26.9 Å². The van der Waals surface area contributed by atoms with Gasteiger partial charge in [0.25, 0.3) is 0 Å². The summed E-state index contributed by atoms with van der Waals surface area (Å²) in [6, 6.07) is 0. The summed E-state index contributed by atoms with van der Waals surface area (Å²) < 4.78 is 1.79. The highest BCUT2D eigenvalue weighted by atomic mass is 15.3. The summed E-state index contributed by atoms with van der Waals surface area (Å²) in [6.07, 6.45) is 11.3. The summed E-state index contributed by atoms with van der Waals surface area (Å²) in [5.74, 6) is 0.892. The van der Waals surface area contributed by atoms with Gasteiger partial charge in [-0.15, -0.1) is 0 Å². The Kier molecular flexibility index (Phi) is 4.29. The minimum Gasteiger partial charge on any atom is -0.367 e. The molecule has 0 radical (unpaired) electrons. The van der Waals surface area contributed by atoms with Crippen molar-refractivity contribution in [1.82, 2.24) is 24.6 Å². The number of fused-ring (bicyclic) bond motifs is 1. The molecular formula is C16H26N6. The number of nitrogens with one attached hydrogen (secondary N) is 1. The maximum Gasteiger partial charge on any atom is 0.163 e. The van der Waals surface area contributed by atoms with E-state index in [0.717, 1.165) is 23.4 Å². The van der Waals surface area contributed by atoms with Crippen molar-refractivity contribution in [2.24, 2.45) is 7.05 Å². The van der Waals surface area contributed by atoms with E-state index in [-0.39, 0.29) is 5.54 Å². The Balaban J connectivity index is 1.82. The van der Waals surface area contributed by atoms with E-state index in [9.17, 15) is 0 Å². The van der Waals surface area contributed by atoms with Crippen molar-refractivity contribution >= 4 is 16.9 Å². The van der Waals surface area contributed by atoms with Crippen LogP contribution in [0.1, 0.15) is 38.5 Å². The fraction of sp³-hybridized carbons (Fsp3) is 0.688. The van der Waals surface area contributed by atoms with Crippen LogP contribution in [0.3, 0.4) is 0 Å². The van der Waals surface area contributed by atoms with E-state index in [0.29, 0.717) is 0 Å². The van der Waals surface area contributed by atoms with E-state index in [2.05, 4.69) is 39.4 Å². The maximum absolute atomic E-state index is 4.42. The van der Waals surface area contributed by atoms with E-state index >= 15 is 0 Å². The van der Waals surface area contributed by atoms with E-state index in [1.54, 1.807) is 11.0 Å². The van der Waals surface area contributed by atoms with Gasteiger partial charge in [-0.1, -0.05) is 25.7 Å². The molecule has 1 N–H and O–H groups in total. The van der Waals surface area contributed by atoms with Crippen LogP contribution in [-0.2, 0) is 7.05 Å². The Morgan fingerprint density at radius 3 is 2.59 bits per heavy atom. The van der Waals surface area contributed by atoms with Crippen molar-refractivity contribution in [1.29, 1.82) is 0 Å². The molecular weight excluding hydrogens is 276 g/mol. The molecule has 1 fully saturated rings.